The molecule has 3 fully saturated rings. The van der Waals surface area contributed by atoms with E-state index in [2.05, 4.69) is 0 Å². The number of ether oxygens (including phenoxy) is 5. The van der Waals surface area contributed by atoms with Crippen LogP contribution in [0.2, 0.25) is 0 Å². The lowest BCUT2D eigenvalue weighted by Gasteiger charge is -2.16. The summed E-state index contributed by atoms with van der Waals surface area (Å²) in [5, 5.41) is 0.812. The average Bonchev–Trinajstić information content (AvgIpc) is 3.23. The summed E-state index contributed by atoms with van der Waals surface area (Å²) in [7, 11) is 0. The lowest BCUT2D eigenvalue weighted by molar-refractivity contribution is -1.12. The Morgan fingerprint density at radius 1 is 0.789 bits per heavy atom. The Bertz CT molecular complexity index is 242. The summed E-state index contributed by atoms with van der Waals surface area (Å²) in [5.41, 5.74) is 0. The van der Waals surface area contributed by atoms with E-state index in [-0.39, 0.29) is 42.3 Å². The first-order chi connectivity index (χ1) is 8.90. The summed E-state index contributed by atoms with van der Waals surface area (Å²) < 4.78 is 26.3. The second kappa shape index (κ2) is 8.03. The van der Waals surface area contributed by atoms with Gasteiger partial charge in [0.05, 0.1) is 33.0 Å². The highest BCUT2D eigenvalue weighted by Crippen LogP contribution is 2.09. The summed E-state index contributed by atoms with van der Waals surface area (Å²) >= 11 is 0. The van der Waals surface area contributed by atoms with Crippen LogP contribution in [0.3, 0.4) is 0 Å². The van der Waals surface area contributed by atoms with Gasteiger partial charge in [0.1, 0.15) is 24.9 Å². The molecule has 0 radical (unpaired) electrons. The minimum atomic E-state index is 0. The van der Waals surface area contributed by atoms with Crippen LogP contribution in [0.25, 0.3) is 0 Å². The largest absolute Gasteiger partial charge is 1.00 e. The van der Waals surface area contributed by atoms with Crippen molar-refractivity contribution in [2.75, 3.05) is 53.1 Å². The third kappa shape index (κ3) is 7.14. The van der Waals surface area contributed by atoms with Gasteiger partial charge >= 0.3 is 0 Å². The second-order valence-electron chi connectivity index (χ2n) is 4.75. The van der Waals surface area contributed by atoms with Gasteiger partial charge in [0.15, 0.2) is 0 Å². The fourth-order valence-corrected chi connectivity index (χ4v) is 1.44. The predicted octanol–water partition coefficient (Wildman–Crippen LogP) is -5.05. The molecule has 0 aromatic rings. The van der Waals surface area contributed by atoms with Gasteiger partial charge < -0.3 is 47.7 Å². The van der Waals surface area contributed by atoms with Crippen LogP contribution in [-0.4, -0.2) is 71.4 Å². The molecule has 3 aliphatic rings. The SMILES string of the molecule is C(OC[NH+](COCC1CO1)OCC1CO1)C1CO1.[I-]. The van der Waals surface area contributed by atoms with Crippen molar-refractivity contribution in [3.63, 3.8) is 0 Å². The number of hydrogen-bond acceptors (Lipinski definition) is 6. The summed E-state index contributed by atoms with van der Waals surface area (Å²) in [6.07, 6.45) is 0.802. The zero-order valence-corrected chi connectivity index (χ0v) is 12.9. The van der Waals surface area contributed by atoms with Crippen molar-refractivity contribution < 1.29 is 57.6 Å². The third-order valence-electron chi connectivity index (χ3n) is 2.81. The van der Waals surface area contributed by atoms with Crippen LogP contribution in [0.1, 0.15) is 0 Å². The Balaban J connectivity index is 0.00000133. The quantitative estimate of drug-likeness (QED) is 0.165. The van der Waals surface area contributed by atoms with Crippen LogP contribution in [0.5, 0.6) is 0 Å². The second-order valence-corrected chi connectivity index (χ2v) is 4.75. The zero-order chi connectivity index (χ0) is 12.2. The molecule has 3 unspecified atom stereocenters. The molecule has 0 spiro atoms. The summed E-state index contributed by atoms with van der Waals surface area (Å²) in [6.45, 7) is 5.15. The molecule has 0 bridgehead atoms. The van der Waals surface area contributed by atoms with E-state index >= 15 is 0 Å². The number of quaternary nitrogens is 1. The molecule has 0 amide bonds. The standard InChI is InChI=1S/C11H19NO6.HI/c1(9-3-15-9)13-7-12(18-6-11-5-17-11)8-14-2-10-4-16-10;/h9-11H,1-8H2;1H. The minimum Gasteiger partial charge on any atom is -1.00 e. The number of epoxide rings is 3. The molecule has 0 aromatic carbocycles. The molecule has 0 saturated carbocycles. The Hall–Kier alpha value is 0.450. The fourth-order valence-electron chi connectivity index (χ4n) is 1.44. The molecule has 3 rings (SSSR count). The molecule has 0 aliphatic carbocycles. The molecule has 19 heavy (non-hydrogen) atoms. The molecule has 1 N–H and O–H groups in total. The molecule has 7 nitrogen and oxygen atoms in total. The molecule has 3 heterocycles. The van der Waals surface area contributed by atoms with E-state index in [0.717, 1.165) is 24.9 Å². The van der Waals surface area contributed by atoms with Gasteiger partial charge in [-0.1, -0.05) is 0 Å². The summed E-state index contributed by atoms with van der Waals surface area (Å²) in [5.74, 6) is 0. The van der Waals surface area contributed by atoms with E-state index in [1.165, 1.54) is 0 Å². The normalized spacial score (nSPS) is 32.5. The van der Waals surface area contributed by atoms with Gasteiger partial charge in [0.2, 0.25) is 13.5 Å². The van der Waals surface area contributed by atoms with Gasteiger partial charge in [-0.05, 0) is 0 Å². The summed E-state index contributed by atoms with van der Waals surface area (Å²) in [4.78, 5) is 5.63. The van der Waals surface area contributed by atoms with Crippen molar-refractivity contribution in [2.24, 2.45) is 0 Å². The van der Waals surface area contributed by atoms with Crippen LogP contribution in [0, 0.1) is 0 Å². The number of nitrogens with one attached hydrogen (secondary N) is 1. The zero-order valence-electron chi connectivity index (χ0n) is 10.7. The lowest BCUT2D eigenvalue weighted by atomic mass is 10.5. The van der Waals surface area contributed by atoms with Gasteiger partial charge in [0, 0.05) is 0 Å². The van der Waals surface area contributed by atoms with Gasteiger partial charge in [-0.25, -0.2) is 0 Å². The number of rotatable bonds is 11. The molecule has 3 saturated heterocycles. The average molecular weight is 389 g/mol. The van der Waals surface area contributed by atoms with Crippen LogP contribution in [0.4, 0.5) is 0 Å². The molecular formula is C11H20INO6. The monoisotopic (exact) mass is 389 g/mol. The maximum absolute atomic E-state index is 5.63. The van der Waals surface area contributed by atoms with Crippen molar-refractivity contribution in [3.05, 3.63) is 0 Å². The van der Waals surface area contributed by atoms with Crippen LogP contribution in [0.15, 0.2) is 0 Å². The first kappa shape index (κ1) is 15.8. The highest BCUT2D eigenvalue weighted by atomic mass is 127. The minimum absolute atomic E-state index is 0. The molecule has 3 atom stereocenters. The topological polar surface area (TPSA) is 69.7 Å². The van der Waals surface area contributed by atoms with Crippen LogP contribution in [-0.2, 0) is 28.5 Å². The van der Waals surface area contributed by atoms with Gasteiger partial charge in [-0.2, -0.15) is 4.84 Å². The van der Waals surface area contributed by atoms with Gasteiger partial charge in [-0.3, -0.25) is 0 Å². The van der Waals surface area contributed by atoms with E-state index in [9.17, 15) is 0 Å². The van der Waals surface area contributed by atoms with E-state index in [1.54, 1.807) is 0 Å². The fraction of sp³-hybridized carbons (Fsp3) is 1.00. The van der Waals surface area contributed by atoms with Crippen LogP contribution >= 0.6 is 0 Å². The van der Waals surface area contributed by atoms with Gasteiger partial charge in [0.25, 0.3) is 0 Å². The van der Waals surface area contributed by atoms with Crippen molar-refractivity contribution >= 4 is 0 Å². The lowest BCUT2D eigenvalue weighted by Crippen LogP contribution is -3.12. The number of halogens is 1. The molecule has 0 aromatic heterocycles. The van der Waals surface area contributed by atoms with Gasteiger partial charge in [-0.15, -0.1) is 5.06 Å². The Morgan fingerprint density at radius 2 is 1.21 bits per heavy atom. The molecular weight excluding hydrogens is 369 g/mol. The Morgan fingerprint density at radius 3 is 1.63 bits per heavy atom. The molecule has 8 heteroatoms. The maximum atomic E-state index is 5.63. The molecule has 112 valence electrons. The van der Waals surface area contributed by atoms with E-state index < -0.39 is 0 Å². The first-order valence-electron chi connectivity index (χ1n) is 6.38. The highest BCUT2D eigenvalue weighted by Gasteiger charge is 2.28. The Labute approximate surface area is 129 Å². The maximum Gasteiger partial charge on any atom is 0.213 e. The van der Waals surface area contributed by atoms with E-state index in [0.29, 0.717) is 33.3 Å². The van der Waals surface area contributed by atoms with Crippen LogP contribution < -0.4 is 29.0 Å². The van der Waals surface area contributed by atoms with Crippen molar-refractivity contribution in [3.8, 4) is 0 Å². The van der Waals surface area contributed by atoms with E-state index in [4.69, 9.17) is 28.5 Å². The third-order valence-corrected chi connectivity index (χ3v) is 2.81. The van der Waals surface area contributed by atoms with Crippen molar-refractivity contribution in [1.29, 1.82) is 0 Å². The summed E-state index contributed by atoms with van der Waals surface area (Å²) in [6, 6.07) is 0. The first-order valence-corrected chi connectivity index (χ1v) is 6.38. The highest BCUT2D eigenvalue weighted by molar-refractivity contribution is 4.67. The number of hydroxylamine groups is 2. The van der Waals surface area contributed by atoms with Crippen molar-refractivity contribution in [1.82, 2.24) is 0 Å². The smallest absolute Gasteiger partial charge is 0.213 e. The van der Waals surface area contributed by atoms with E-state index in [1.807, 2.05) is 0 Å². The Kier molecular flexibility index (Phi) is 6.69. The number of hydrogen-bond donors (Lipinski definition) is 1. The predicted molar refractivity (Wildman–Crippen MR) is 57.8 cm³/mol. The van der Waals surface area contributed by atoms with Crippen molar-refractivity contribution in [2.45, 2.75) is 18.3 Å². The molecule has 3 aliphatic heterocycles.